The van der Waals surface area contributed by atoms with E-state index >= 15 is 0 Å². The Morgan fingerprint density at radius 2 is 1.76 bits per heavy atom. The molecule has 2 heteroatoms. The second-order valence-corrected chi connectivity index (χ2v) is 4.43. The van der Waals surface area contributed by atoms with Gasteiger partial charge in [-0.05, 0) is 37.5 Å². The number of benzene rings is 1. The van der Waals surface area contributed by atoms with Crippen molar-refractivity contribution in [3.63, 3.8) is 0 Å². The zero-order valence-electron chi connectivity index (χ0n) is 11.0. The number of phenolic OH excluding ortho intramolecular Hbond substituents is 1. The van der Waals surface area contributed by atoms with Crippen LogP contribution in [0.2, 0.25) is 0 Å². The van der Waals surface area contributed by atoms with Crippen LogP contribution >= 0.6 is 0 Å². The first-order valence-electron chi connectivity index (χ1n) is 6.72. The zero-order valence-corrected chi connectivity index (χ0v) is 11.0. The van der Waals surface area contributed by atoms with Gasteiger partial charge in [0.25, 0.3) is 0 Å². The maximum absolute atomic E-state index is 9.58. The Balaban J connectivity index is 2.41. The summed E-state index contributed by atoms with van der Waals surface area (Å²) in [4.78, 5) is 0. The first-order chi connectivity index (χ1) is 8.26. The predicted octanol–water partition coefficient (Wildman–Crippen LogP) is 4.30. The van der Waals surface area contributed by atoms with E-state index in [2.05, 4.69) is 6.92 Å². The molecule has 0 spiro atoms. The van der Waals surface area contributed by atoms with E-state index in [4.69, 9.17) is 4.74 Å². The van der Waals surface area contributed by atoms with Gasteiger partial charge >= 0.3 is 0 Å². The number of phenols is 1. The molecule has 0 bridgehead atoms. The Morgan fingerprint density at radius 3 is 2.47 bits per heavy atom. The van der Waals surface area contributed by atoms with E-state index < -0.39 is 0 Å². The lowest BCUT2D eigenvalue weighted by Crippen LogP contribution is -1.93. The summed E-state index contributed by atoms with van der Waals surface area (Å²) in [5.41, 5.74) is 1.17. The third-order valence-corrected chi connectivity index (χ3v) is 2.83. The fraction of sp³-hybridized carbons (Fsp3) is 0.600. The van der Waals surface area contributed by atoms with Crippen molar-refractivity contribution in [1.82, 2.24) is 0 Å². The van der Waals surface area contributed by atoms with Gasteiger partial charge in [-0.15, -0.1) is 0 Å². The maximum atomic E-state index is 9.58. The summed E-state index contributed by atoms with van der Waals surface area (Å²) in [7, 11) is 0. The van der Waals surface area contributed by atoms with E-state index in [1.807, 2.05) is 19.1 Å². The van der Waals surface area contributed by atoms with Gasteiger partial charge in [-0.3, -0.25) is 0 Å². The van der Waals surface area contributed by atoms with Crippen LogP contribution in [0.1, 0.15) is 51.5 Å². The molecule has 0 heterocycles. The molecule has 0 aromatic heterocycles. The highest BCUT2D eigenvalue weighted by Gasteiger charge is 2.01. The molecule has 17 heavy (non-hydrogen) atoms. The maximum Gasteiger partial charge on any atom is 0.123 e. The van der Waals surface area contributed by atoms with Crippen LogP contribution in [-0.2, 0) is 6.42 Å². The highest BCUT2D eigenvalue weighted by Crippen LogP contribution is 2.23. The van der Waals surface area contributed by atoms with Crippen molar-refractivity contribution in [2.24, 2.45) is 0 Å². The van der Waals surface area contributed by atoms with Gasteiger partial charge in [0, 0.05) is 6.07 Å². The fourth-order valence-corrected chi connectivity index (χ4v) is 1.97. The zero-order chi connectivity index (χ0) is 12.5. The van der Waals surface area contributed by atoms with Gasteiger partial charge < -0.3 is 9.84 Å². The first kappa shape index (κ1) is 13.9. The van der Waals surface area contributed by atoms with E-state index in [1.165, 1.54) is 37.7 Å². The summed E-state index contributed by atoms with van der Waals surface area (Å²) < 4.78 is 5.41. The molecule has 96 valence electrons. The molecule has 1 aromatic carbocycles. The molecule has 0 saturated carbocycles. The van der Waals surface area contributed by atoms with Crippen LogP contribution in [0.25, 0.3) is 0 Å². The van der Waals surface area contributed by atoms with Gasteiger partial charge in [-0.2, -0.15) is 0 Å². The van der Waals surface area contributed by atoms with Crippen LogP contribution in [-0.4, -0.2) is 11.7 Å². The first-order valence-corrected chi connectivity index (χ1v) is 6.72. The average Bonchev–Trinajstić information content (AvgIpc) is 2.28. The Labute approximate surface area is 105 Å². The Morgan fingerprint density at radius 1 is 1.00 bits per heavy atom. The van der Waals surface area contributed by atoms with Crippen LogP contribution in [0.5, 0.6) is 11.5 Å². The van der Waals surface area contributed by atoms with E-state index in [0.717, 1.165) is 12.2 Å². The van der Waals surface area contributed by atoms with Gasteiger partial charge in [0.05, 0.1) is 6.61 Å². The van der Waals surface area contributed by atoms with Crippen molar-refractivity contribution >= 4 is 0 Å². The number of ether oxygens (including phenoxy) is 1. The van der Waals surface area contributed by atoms with Crippen molar-refractivity contribution in [2.45, 2.75) is 52.4 Å². The summed E-state index contributed by atoms with van der Waals surface area (Å²) in [6, 6.07) is 5.54. The minimum Gasteiger partial charge on any atom is -0.508 e. The SMILES string of the molecule is CCCCCCCc1cc(O)cc(OCC)c1. The number of hydrogen-bond donors (Lipinski definition) is 1. The standard InChI is InChI=1S/C15H24O2/c1-3-5-6-7-8-9-13-10-14(16)12-15(11-13)17-4-2/h10-12,16H,3-9H2,1-2H3. The lowest BCUT2D eigenvalue weighted by molar-refractivity contribution is 0.337. The Kier molecular flexibility index (Phi) is 6.53. The minimum atomic E-state index is 0.305. The molecule has 2 nitrogen and oxygen atoms in total. The predicted molar refractivity (Wildman–Crippen MR) is 71.7 cm³/mol. The van der Waals surface area contributed by atoms with Crippen LogP contribution in [0, 0.1) is 0 Å². The molecule has 0 radical (unpaired) electrons. The number of hydrogen-bond acceptors (Lipinski definition) is 2. The number of aromatic hydroxyl groups is 1. The van der Waals surface area contributed by atoms with Crippen molar-refractivity contribution in [2.75, 3.05) is 6.61 Å². The summed E-state index contributed by atoms with van der Waals surface area (Å²) in [6.45, 7) is 4.82. The highest BCUT2D eigenvalue weighted by atomic mass is 16.5. The van der Waals surface area contributed by atoms with Crippen LogP contribution < -0.4 is 4.74 Å². The quantitative estimate of drug-likeness (QED) is 0.682. The largest absolute Gasteiger partial charge is 0.508 e. The third-order valence-electron chi connectivity index (χ3n) is 2.83. The molecule has 0 fully saturated rings. The number of unbranched alkanes of at least 4 members (excludes halogenated alkanes) is 4. The van der Waals surface area contributed by atoms with E-state index in [1.54, 1.807) is 6.07 Å². The highest BCUT2D eigenvalue weighted by molar-refractivity contribution is 5.37. The molecule has 1 aromatic rings. The second kappa shape index (κ2) is 7.99. The molecule has 0 unspecified atom stereocenters. The lowest BCUT2D eigenvalue weighted by Gasteiger charge is -2.07. The summed E-state index contributed by atoms with van der Waals surface area (Å²) >= 11 is 0. The monoisotopic (exact) mass is 236 g/mol. The van der Waals surface area contributed by atoms with Gasteiger partial charge in [0.15, 0.2) is 0 Å². The van der Waals surface area contributed by atoms with Gasteiger partial charge in [-0.1, -0.05) is 32.6 Å². The fourth-order valence-electron chi connectivity index (χ4n) is 1.97. The number of aryl methyl sites for hydroxylation is 1. The van der Waals surface area contributed by atoms with Crippen molar-refractivity contribution in [1.29, 1.82) is 0 Å². The molecule has 0 aliphatic heterocycles. The van der Waals surface area contributed by atoms with E-state index in [0.29, 0.717) is 12.4 Å². The smallest absolute Gasteiger partial charge is 0.123 e. The van der Waals surface area contributed by atoms with E-state index in [-0.39, 0.29) is 0 Å². The van der Waals surface area contributed by atoms with Crippen LogP contribution in [0.15, 0.2) is 18.2 Å². The number of rotatable bonds is 8. The molecule has 0 atom stereocenters. The van der Waals surface area contributed by atoms with Gasteiger partial charge in [0.2, 0.25) is 0 Å². The van der Waals surface area contributed by atoms with Crippen molar-refractivity contribution < 1.29 is 9.84 Å². The molecule has 1 N–H and O–H groups in total. The summed E-state index contributed by atoms with van der Waals surface area (Å²) in [5, 5.41) is 9.58. The summed E-state index contributed by atoms with van der Waals surface area (Å²) in [5.74, 6) is 1.08. The van der Waals surface area contributed by atoms with Crippen molar-refractivity contribution in [3.05, 3.63) is 23.8 Å². The average molecular weight is 236 g/mol. The van der Waals surface area contributed by atoms with Gasteiger partial charge in [0.1, 0.15) is 11.5 Å². The normalized spacial score (nSPS) is 10.5. The molecule has 0 amide bonds. The molecule has 1 rings (SSSR count). The lowest BCUT2D eigenvalue weighted by atomic mass is 10.1. The molecule has 0 aliphatic carbocycles. The van der Waals surface area contributed by atoms with Crippen LogP contribution in [0.4, 0.5) is 0 Å². The Hall–Kier alpha value is -1.18. The molecular formula is C15H24O2. The van der Waals surface area contributed by atoms with E-state index in [9.17, 15) is 5.11 Å². The van der Waals surface area contributed by atoms with Gasteiger partial charge in [-0.25, -0.2) is 0 Å². The topological polar surface area (TPSA) is 29.5 Å². The van der Waals surface area contributed by atoms with Crippen LogP contribution in [0.3, 0.4) is 0 Å². The molecular weight excluding hydrogens is 212 g/mol. The molecule has 0 saturated heterocycles. The molecule has 0 aliphatic rings. The van der Waals surface area contributed by atoms with Crippen molar-refractivity contribution in [3.8, 4) is 11.5 Å². The summed E-state index contributed by atoms with van der Waals surface area (Å²) in [6.07, 6.45) is 7.40. The third kappa shape index (κ3) is 5.62. The second-order valence-electron chi connectivity index (χ2n) is 4.43. The Bertz CT molecular complexity index is 321. The minimum absolute atomic E-state index is 0.305.